The van der Waals surface area contributed by atoms with E-state index in [0.29, 0.717) is 6.54 Å². The number of sulfonamides is 1. The van der Waals surface area contributed by atoms with E-state index in [0.717, 1.165) is 19.3 Å². The topological polar surface area (TPSA) is 104 Å². The van der Waals surface area contributed by atoms with Crippen LogP contribution in [0.2, 0.25) is 0 Å². The first-order valence-corrected chi connectivity index (χ1v) is 8.18. The highest BCUT2D eigenvalue weighted by Gasteiger charge is 2.42. The summed E-state index contributed by atoms with van der Waals surface area (Å²) >= 11 is 0. The molecule has 3 N–H and O–H groups in total. The van der Waals surface area contributed by atoms with Gasteiger partial charge in [-0.15, -0.1) is 0 Å². The van der Waals surface area contributed by atoms with E-state index in [1.54, 1.807) is 7.05 Å². The number of nitrogen functional groups attached to an aromatic ring is 1. The van der Waals surface area contributed by atoms with Crippen molar-refractivity contribution in [3.63, 3.8) is 0 Å². The molecule has 8 nitrogen and oxygen atoms in total. The molecule has 0 unspecified atom stereocenters. The van der Waals surface area contributed by atoms with Crippen LogP contribution in [0.25, 0.3) is 0 Å². The van der Waals surface area contributed by atoms with E-state index < -0.39 is 10.0 Å². The fourth-order valence-electron chi connectivity index (χ4n) is 2.53. The predicted octanol–water partition coefficient (Wildman–Crippen LogP) is -0.133. The minimum atomic E-state index is -3.59. The second kappa shape index (κ2) is 5.84. The summed E-state index contributed by atoms with van der Waals surface area (Å²) in [4.78, 5) is 9.87. The fourth-order valence-corrected chi connectivity index (χ4v) is 3.68. The number of rotatable bonds is 6. The molecule has 1 aromatic rings. The third kappa shape index (κ3) is 3.00. The van der Waals surface area contributed by atoms with Gasteiger partial charge in [0.05, 0.1) is 12.4 Å². The van der Waals surface area contributed by atoms with Gasteiger partial charge in [0.1, 0.15) is 4.90 Å². The first kappa shape index (κ1) is 16.1. The molecule has 0 radical (unpaired) electrons. The van der Waals surface area contributed by atoms with Gasteiger partial charge in [-0.1, -0.05) is 0 Å². The van der Waals surface area contributed by atoms with Crippen LogP contribution in [0, 0.1) is 0 Å². The molecule has 1 fully saturated rings. The predicted molar refractivity (Wildman–Crippen MR) is 79.9 cm³/mol. The lowest BCUT2D eigenvalue weighted by molar-refractivity contribution is 0.0455. The molecule has 1 aromatic heterocycles. The third-order valence-corrected chi connectivity index (χ3v) is 5.97. The molecule has 2 rings (SSSR count). The van der Waals surface area contributed by atoms with Crippen molar-refractivity contribution in [2.75, 3.05) is 33.1 Å². The van der Waals surface area contributed by atoms with Gasteiger partial charge in [-0.3, -0.25) is 5.43 Å². The zero-order chi connectivity index (χ0) is 15.7. The maximum absolute atomic E-state index is 12.5. The summed E-state index contributed by atoms with van der Waals surface area (Å²) in [6.07, 6.45) is 5.67. The third-order valence-electron chi connectivity index (χ3n) is 4.22. The lowest BCUT2D eigenvalue weighted by Crippen LogP contribution is -2.57. The van der Waals surface area contributed by atoms with Crippen molar-refractivity contribution in [2.24, 2.45) is 5.84 Å². The van der Waals surface area contributed by atoms with E-state index in [9.17, 15) is 8.42 Å². The van der Waals surface area contributed by atoms with Crippen LogP contribution in [0.1, 0.15) is 19.3 Å². The average Bonchev–Trinajstić information content (AvgIpc) is 2.42. The minimum Gasteiger partial charge on any atom is -0.302 e. The zero-order valence-electron chi connectivity index (χ0n) is 12.6. The summed E-state index contributed by atoms with van der Waals surface area (Å²) in [6, 6.07) is 0. The molecule has 0 atom stereocenters. The highest BCUT2D eigenvalue weighted by Crippen LogP contribution is 2.37. The molecule has 21 heavy (non-hydrogen) atoms. The van der Waals surface area contributed by atoms with Crippen LogP contribution in [0.15, 0.2) is 17.3 Å². The van der Waals surface area contributed by atoms with Crippen molar-refractivity contribution in [3.8, 4) is 0 Å². The normalized spacial score (nSPS) is 17.8. The van der Waals surface area contributed by atoms with Gasteiger partial charge in [-0.2, -0.15) is 4.31 Å². The molecule has 0 bridgehead atoms. The van der Waals surface area contributed by atoms with E-state index in [4.69, 9.17) is 5.84 Å². The van der Waals surface area contributed by atoms with Gasteiger partial charge in [-0.25, -0.2) is 24.2 Å². The number of likely N-dealkylation sites (N-methyl/N-ethyl adjacent to an activating group) is 2. The number of nitrogens with zero attached hydrogens (tertiary/aromatic N) is 4. The first-order valence-electron chi connectivity index (χ1n) is 6.74. The summed E-state index contributed by atoms with van der Waals surface area (Å²) < 4.78 is 26.5. The molecule has 0 aromatic carbocycles. The number of hydrogen-bond donors (Lipinski definition) is 2. The van der Waals surface area contributed by atoms with Crippen LogP contribution in [0.4, 0.5) is 5.95 Å². The molecule has 1 saturated carbocycles. The van der Waals surface area contributed by atoms with E-state index in [-0.39, 0.29) is 16.4 Å². The maximum atomic E-state index is 12.5. The van der Waals surface area contributed by atoms with Crippen molar-refractivity contribution < 1.29 is 8.42 Å². The molecule has 0 saturated heterocycles. The standard InChI is InChI=1S/C12H22N6O2S/c1-17(2)12(5-4-6-12)9-18(3)21(19,20)10-7-14-11(16-13)15-8-10/h7-8H,4-6,9,13H2,1-3H3,(H,14,15,16). The number of nitrogens with two attached hydrogens (primary N) is 1. The summed E-state index contributed by atoms with van der Waals surface area (Å²) in [6.45, 7) is 0.458. The molecule has 1 heterocycles. The summed E-state index contributed by atoms with van der Waals surface area (Å²) in [5, 5.41) is 0. The number of anilines is 1. The van der Waals surface area contributed by atoms with Gasteiger partial charge >= 0.3 is 0 Å². The SMILES string of the molecule is CN(C)C1(CN(C)S(=O)(=O)c2cnc(NN)nc2)CCC1. The van der Waals surface area contributed by atoms with Crippen LogP contribution >= 0.6 is 0 Å². The summed E-state index contributed by atoms with van der Waals surface area (Å²) in [5.74, 6) is 5.35. The van der Waals surface area contributed by atoms with Gasteiger partial charge in [0.25, 0.3) is 0 Å². The molecule has 0 aliphatic heterocycles. The Balaban J connectivity index is 2.18. The molecule has 1 aliphatic carbocycles. The molecular weight excluding hydrogens is 292 g/mol. The van der Waals surface area contributed by atoms with E-state index >= 15 is 0 Å². The Kier molecular flexibility index (Phi) is 4.47. The lowest BCUT2D eigenvalue weighted by atomic mass is 9.75. The Morgan fingerprint density at radius 2 is 1.86 bits per heavy atom. The van der Waals surface area contributed by atoms with E-state index in [2.05, 4.69) is 20.3 Å². The van der Waals surface area contributed by atoms with Crippen LogP contribution in [0.3, 0.4) is 0 Å². The molecule has 118 valence electrons. The molecule has 0 amide bonds. The van der Waals surface area contributed by atoms with Crippen molar-refractivity contribution in [1.29, 1.82) is 0 Å². The number of hydrogen-bond acceptors (Lipinski definition) is 7. The maximum Gasteiger partial charge on any atom is 0.245 e. The quantitative estimate of drug-likeness (QED) is 0.556. The highest BCUT2D eigenvalue weighted by molar-refractivity contribution is 7.89. The average molecular weight is 314 g/mol. The first-order chi connectivity index (χ1) is 9.82. The summed E-state index contributed by atoms with van der Waals surface area (Å²) in [5.41, 5.74) is 2.20. The Morgan fingerprint density at radius 3 is 2.24 bits per heavy atom. The van der Waals surface area contributed by atoms with Gasteiger partial charge in [0.15, 0.2) is 0 Å². The lowest BCUT2D eigenvalue weighted by Gasteiger charge is -2.48. The highest BCUT2D eigenvalue weighted by atomic mass is 32.2. The van der Waals surface area contributed by atoms with Crippen LogP contribution in [-0.2, 0) is 10.0 Å². The minimum absolute atomic E-state index is 0.0669. The van der Waals surface area contributed by atoms with Crippen molar-refractivity contribution >= 4 is 16.0 Å². The largest absolute Gasteiger partial charge is 0.302 e. The Labute approximate surface area is 125 Å². The monoisotopic (exact) mass is 314 g/mol. The fraction of sp³-hybridized carbons (Fsp3) is 0.667. The van der Waals surface area contributed by atoms with Gasteiger partial charge in [0.2, 0.25) is 16.0 Å². The smallest absolute Gasteiger partial charge is 0.245 e. The van der Waals surface area contributed by atoms with E-state index in [1.165, 1.54) is 16.7 Å². The van der Waals surface area contributed by atoms with Gasteiger partial charge < -0.3 is 4.90 Å². The molecule has 1 aliphatic rings. The van der Waals surface area contributed by atoms with Crippen LogP contribution in [-0.4, -0.2) is 60.8 Å². The number of aromatic nitrogens is 2. The number of hydrazine groups is 1. The van der Waals surface area contributed by atoms with Crippen molar-refractivity contribution in [3.05, 3.63) is 12.4 Å². The summed E-state index contributed by atoms with van der Waals surface area (Å²) in [7, 11) is 1.98. The van der Waals surface area contributed by atoms with Gasteiger partial charge in [0, 0.05) is 19.1 Å². The van der Waals surface area contributed by atoms with Crippen LogP contribution < -0.4 is 11.3 Å². The zero-order valence-corrected chi connectivity index (χ0v) is 13.4. The second-order valence-corrected chi connectivity index (χ2v) is 7.66. The van der Waals surface area contributed by atoms with Crippen molar-refractivity contribution in [1.82, 2.24) is 19.2 Å². The van der Waals surface area contributed by atoms with E-state index in [1.807, 2.05) is 14.1 Å². The molecule has 0 spiro atoms. The van der Waals surface area contributed by atoms with Crippen LogP contribution in [0.5, 0.6) is 0 Å². The second-order valence-electron chi connectivity index (χ2n) is 5.62. The molecular formula is C12H22N6O2S. The van der Waals surface area contributed by atoms with Crippen molar-refractivity contribution in [2.45, 2.75) is 29.7 Å². The Morgan fingerprint density at radius 1 is 1.29 bits per heavy atom. The Hall–Kier alpha value is -1.29. The van der Waals surface area contributed by atoms with Gasteiger partial charge in [-0.05, 0) is 33.4 Å². The Bertz CT molecular complexity index is 582. The molecule has 9 heteroatoms. The number of nitrogens with one attached hydrogen (secondary N) is 1.